The lowest BCUT2D eigenvalue weighted by Crippen LogP contribution is -2.39. The van der Waals surface area contributed by atoms with Crippen molar-refractivity contribution in [3.8, 4) is 0 Å². The largest absolute Gasteiger partial charge is 0.357 e. The number of hydrogen-bond acceptors (Lipinski definition) is 1. The third kappa shape index (κ3) is 5.69. The van der Waals surface area contributed by atoms with Crippen molar-refractivity contribution in [2.75, 3.05) is 13.1 Å². The molecule has 0 spiro atoms. The van der Waals surface area contributed by atoms with Crippen LogP contribution < -0.4 is 10.6 Å². The third-order valence-corrected chi connectivity index (χ3v) is 3.53. The molecule has 0 radical (unpaired) electrons. The van der Waals surface area contributed by atoms with Gasteiger partial charge in [0, 0.05) is 19.1 Å². The Morgan fingerprint density at radius 3 is 2.75 bits per heavy atom. The summed E-state index contributed by atoms with van der Waals surface area (Å²) in [6, 6.07) is 9.28. The summed E-state index contributed by atoms with van der Waals surface area (Å²) in [6.07, 6.45) is 2.26. The van der Waals surface area contributed by atoms with Crippen LogP contribution in [0.15, 0.2) is 29.3 Å². The number of aryl methyl sites for hydroxylation is 1. The van der Waals surface area contributed by atoms with Crippen molar-refractivity contribution < 1.29 is 0 Å². The van der Waals surface area contributed by atoms with Crippen LogP contribution in [-0.2, 0) is 6.42 Å². The Bertz CT molecular complexity index is 445. The van der Waals surface area contributed by atoms with Gasteiger partial charge in [-0.05, 0) is 38.2 Å². The number of benzene rings is 1. The first kappa shape index (κ1) is 17.3. The van der Waals surface area contributed by atoms with Crippen molar-refractivity contribution >= 4 is 29.9 Å². The van der Waals surface area contributed by atoms with Crippen LogP contribution in [0.1, 0.15) is 31.4 Å². The Hall–Kier alpha value is -0.780. The Labute approximate surface area is 139 Å². The number of rotatable bonds is 5. The second-order valence-corrected chi connectivity index (χ2v) is 5.46. The molecule has 0 heterocycles. The van der Waals surface area contributed by atoms with E-state index in [1.165, 1.54) is 17.5 Å². The number of hydrogen-bond donors (Lipinski definition) is 2. The fourth-order valence-electron chi connectivity index (χ4n) is 2.18. The van der Waals surface area contributed by atoms with Crippen molar-refractivity contribution in [2.45, 2.75) is 39.7 Å². The van der Waals surface area contributed by atoms with E-state index in [2.05, 4.69) is 60.7 Å². The molecule has 1 aliphatic carbocycles. The average Bonchev–Trinajstić information content (AvgIpc) is 3.05. The molecule has 1 aliphatic rings. The average molecular weight is 387 g/mol. The van der Waals surface area contributed by atoms with E-state index in [4.69, 9.17) is 0 Å². The molecule has 1 saturated carbocycles. The van der Waals surface area contributed by atoms with Crippen LogP contribution in [0.25, 0.3) is 0 Å². The van der Waals surface area contributed by atoms with Gasteiger partial charge < -0.3 is 10.6 Å². The van der Waals surface area contributed by atoms with E-state index < -0.39 is 0 Å². The first-order valence-corrected chi connectivity index (χ1v) is 7.29. The Balaban J connectivity index is 0.00000200. The predicted molar refractivity (Wildman–Crippen MR) is 97.0 cm³/mol. The minimum absolute atomic E-state index is 0. The fourth-order valence-corrected chi connectivity index (χ4v) is 2.18. The van der Waals surface area contributed by atoms with E-state index in [0.29, 0.717) is 6.04 Å². The molecule has 1 fully saturated rings. The lowest BCUT2D eigenvalue weighted by atomic mass is 10.1. The number of guanidine groups is 1. The van der Waals surface area contributed by atoms with Gasteiger partial charge in [-0.25, -0.2) is 0 Å². The molecular weight excluding hydrogens is 361 g/mol. The van der Waals surface area contributed by atoms with Crippen molar-refractivity contribution in [1.29, 1.82) is 0 Å². The van der Waals surface area contributed by atoms with Gasteiger partial charge >= 0.3 is 0 Å². The van der Waals surface area contributed by atoms with Crippen LogP contribution in [0, 0.1) is 12.8 Å². The zero-order valence-corrected chi connectivity index (χ0v) is 15.0. The number of nitrogens with one attached hydrogen (secondary N) is 2. The summed E-state index contributed by atoms with van der Waals surface area (Å²) in [7, 11) is 0. The molecule has 112 valence electrons. The first-order valence-electron chi connectivity index (χ1n) is 7.29. The topological polar surface area (TPSA) is 36.4 Å². The summed E-state index contributed by atoms with van der Waals surface area (Å²) in [5, 5.41) is 6.79. The van der Waals surface area contributed by atoms with Gasteiger partial charge in [0.05, 0.1) is 0 Å². The van der Waals surface area contributed by atoms with Crippen molar-refractivity contribution in [1.82, 2.24) is 10.6 Å². The quantitative estimate of drug-likeness (QED) is 0.463. The molecule has 2 atom stereocenters. The highest BCUT2D eigenvalue weighted by atomic mass is 127. The molecule has 2 N–H and O–H groups in total. The van der Waals surface area contributed by atoms with Crippen molar-refractivity contribution in [3.05, 3.63) is 35.4 Å². The van der Waals surface area contributed by atoms with Gasteiger partial charge in [-0.15, -0.1) is 24.0 Å². The van der Waals surface area contributed by atoms with Crippen LogP contribution in [0.4, 0.5) is 0 Å². The minimum atomic E-state index is 0. The highest BCUT2D eigenvalue weighted by molar-refractivity contribution is 14.0. The standard InChI is InChI=1S/C16H25N3.HI/c1-4-17-16(19-15-11-13(15)3)18-9-8-14-7-5-6-12(2)10-14;/h5-7,10,13,15H,4,8-9,11H2,1-3H3,(H2,17,18,19);1H. The smallest absolute Gasteiger partial charge is 0.191 e. The molecule has 3 nitrogen and oxygen atoms in total. The van der Waals surface area contributed by atoms with E-state index in [0.717, 1.165) is 31.4 Å². The summed E-state index contributed by atoms with van der Waals surface area (Å²) in [5.74, 6) is 1.75. The zero-order valence-electron chi connectivity index (χ0n) is 12.6. The SMILES string of the molecule is CCNC(=NCCc1cccc(C)c1)NC1CC1C.I. The van der Waals surface area contributed by atoms with E-state index in [1.807, 2.05) is 0 Å². The minimum Gasteiger partial charge on any atom is -0.357 e. The van der Waals surface area contributed by atoms with Gasteiger partial charge in [0.1, 0.15) is 0 Å². The van der Waals surface area contributed by atoms with Gasteiger partial charge in [-0.3, -0.25) is 4.99 Å². The summed E-state index contributed by atoms with van der Waals surface area (Å²) < 4.78 is 0. The molecule has 0 amide bonds. The van der Waals surface area contributed by atoms with Gasteiger partial charge in [0.15, 0.2) is 5.96 Å². The maximum atomic E-state index is 4.65. The van der Waals surface area contributed by atoms with Crippen LogP contribution in [0.5, 0.6) is 0 Å². The van der Waals surface area contributed by atoms with Crippen LogP contribution >= 0.6 is 24.0 Å². The zero-order chi connectivity index (χ0) is 13.7. The first-order chi connectivity index (χ1) is 9.19. The molecule has 1 aromatic carbocycles. The molecule has 0 bridgehead atoms. The number of nitrogens with zero attached hydrogens (tertiary/aromatic N) is 1. The molecule has 2 rings (SSSR count). The molecule has 1 aromatic rings. The number of halogens is 1. The van der Waals surface area contributed by atoms with E-state index in [9.17, 15) is 0 Å². The molecule has 2 unspecified atom stereocenters. The summed E-state index contributed by atoms with van der Waals surface area (Å²) in [5.41, 5.74) is 2.68. The molecule has 4 heteroatoms. The summed E-state index contributed by atoms with van der Waals surface area (Å²) >= 11 is 0. The lowest BCUT2D eigenvalue weighted by molar-refractivity contribution is 0.765. The van der Waals surface area contributed by atoms with Gasteiger partial charge in [0.2, 0.25) is 0 Å². The number of aliphatic imine (C=N–C) groups is 1. The highest BCUT2D eigenvalue weighted by Gasteiger charge is 2.33. The molecule has 0 aromatic heterocycles. The monoisotopic (exact) mass is 387 g/mol. The molecule has 20 heavy (non-hydrogen) atoms. The van der Waals surface area contributed by atoms with E-state index in [1.54, 1.807) is 0 Å². The normalized spacial score (nSPS) is 21.1. The maximum absolute atomic E-state index is 4.65. The van der Waals surface area contributed by atoms with Gasteiger partial charge in [-0.2, -0.15) is 0 Å². The predicted octanol–water partition coefficient (Wildman–Crippen LogP) is 3.12. The highest BCUT2D eigenvalue weighted by Crippen LogP contribution is 2.28. The molecule has 0 aliphatic heterocycles. The Morgan fingerprint density at radius 1 is 1.40 bits per heavy atom. The van der Waals surface area contributed by atoms with Gasteiger partial charge in [-0.1, -0.05) is 36.8 Å². The van der Waals surface area contributed by atoms with Crippen molar-refractivity contribution in [3.63, 3.8) is 0 Å². The Kier molecular flexibility index (Phi) is 7.34. The molecular formula is C16H26IN3. The lowest BCUT2D eigenvalue weighted by Gasteiger charge is -2.10. The van der Waals surface area contributed by atoms with Crippen LogP contribution in [0.2, 0.25) is 0 Å². The second-order valence-electron chi connectivity index (χ2n) is 5.46. The second kappa shape index (κ2) is 8.49. The van der Waals surface area contributed by atoms with E-state index >= 15 is 0 Å². The summed E-state index contributed by atoms with van der Waals surface area (Å²) in [6.45, 7) is 8.26. The van der Waals surface area contributed by atoms with E-state index in [-0.39, 0.29) is 24.0 Å². The Morgan fingerprint density at radius 2 is 2.15 bits per heavy atom. The van der Waals surface area contributed by atoms with Crippen LogP contribution in [-0.4, -0.2) is 25.1 Å². The van der Waals surface area contributed by atoms with Crippen molar-refractivity contribution in [2.24, 2.45) is 10.9 Å². The van der Waals surface area contributed by atoms with Crippen LogP contribution in [0.3, 0.4) is 0 Å². The third-order valence-electron chi connectivity index (χ3n) is 3.53. The fraction of sp³-hybridized carbons (Fsp3) is 0.562. The summed E-state index contributed by atoms with van der Waals surface area (Å²) in [4.78, 5) is 4.65. The molecule has 0 saturated heterocycles. The maximum Gasteiger partial charge on any atom is 0.191 e. The van der Waals surface area contributed by atoms with Gasteiger partial charge in [0.25, 0.3) is 0 Å².